The molecule has 4 heteroatoms. The van der Waals surface area contributed by atoms with Gasteiger partial charge in [0.25, 0.3) is 0 Å². The van der Waals surface area contributed by atoms with Crippen LogP contribution in [0.15, 0.2) is 24.3 Å². The highest BCUT2D eigenvalue weighted by Crippen LogP contribution is 2.31. The van der Waals surface area contributed by atoms with Gasteiger partial charge in [0.1, 0.15) is 0 Å². The molecule has 0 saturated carbocycles. The highest BCUT2D eigenvalue weighted by Gasteiger charge is 2.31. The maximum Gasteiger partial charge on any atom is 0.230 e. The van der Waals surface area contributed by atoms with Crippen molar-refractivity contribution in [3.8, 4) is 0 Å². The number of carbonyl (C=O) groups is 1. The van der Waals surface area contributed by atoms with Crippen LogP contribution in [0.1, 0.15) is 36.9 Å². The molecular weight excluding hydrogens is 258 g/mol. The zero-order valence-electron chi connectivity index (χ0n) is 11.3. The average Bonchev–Trinajstić information content (AvgIpc) is 2.72. The van der Waals surface area contributed by atoms with Gasteiger partial charge < -0.3 is 10.4 Å². The van der Waals surface area contributed by atoms with Gasteiger partial charge >= 0.3 is 0 Å². The molecule has 1 aromatic rings. The van der Waals surface area contributed by atoms with Gasteiger partial charge in [-0.2, -0.15) is 11.8 Å². The Morgan fingerprint density at radius 1 is 1.47 bits per heavy atom. The summed E-state index contributed by atoms with van der Waals surface area (Å²) in [6.07, 6.45) is 2.43. The zero-order chi connectivity index (χ0) is 13.7. The van der Waals surface area contributed by atoms with Crippen LogP contribution in [-0.2, 0) is 11.2 Å². The first-order valence-corrected chi connectivity index (χ1v) is 8.00. The maximum atomic E-state index is 11.9. The van der Waals surface area contributed by atoms with Crippen LogP contribution in [0.2, 0.25) is 0 Å². The number of hydrogen-bond acceptors (Lipinski definition) is 3. The average molecular weight is 279 g/mol. The van der Waals surface area contributed by atoms with Crippen molar-refractivity contribution in [2.24, 2.45) is 0 Å². The number of hydrogen-bond donors (Lipinski definition) is 2. The van der Waals surface area contributed by atoms with Crippen molar-refractivity contribution in [2.75, 3.05) is 11.5 Å². The Morgan fingerprint density at radius 2 is 2.26 bits per heavy atom. The number of amides is 1. The van der Waals surface area contributed by atoms with E-state index in [1.807, 2.05) is 24.3 Å². The number of aliphatic hydroxyl groups excluding tert-OH is 1. The second-order valence-corrected chi connectivity index (χ2v) is 6.03. The van der Waals surface area contributed by atoms with Crippen molar-refractivity contribution < 1.29 is 9.90 Å². The van der Waals surface area contributed by atoms with Crippen LogP contribution in [0.5, 0.6) is 0 Å². The van der Waals surface area contributed by atoms with Crippen LogP contribution >= 0.6 is 11.8 Å². The minimum Gasteiger partial charge on any atom is -0.390 e. The standard InChI is InChI=1S/C15H21NO2S/c1-2-3-8-19-10-14(18)16-15-12-7-5-4-6-11(12)9-13(15)17/h4-7,13,15,17H,2-3,8-10H2,1H3,(H,16,18). The molecule has 2 unspecified atom stereocenters. The van der Waals surface area contributed by atoms with Crippen LogP contribution in [-0.4, -0.2) is 28.6 Å². The Hall–Kier alpha value is -1.00. The van der Waals surface area contributed by atoms with Gasteiger partial charge in [0.05, 0.1) is 17.9 Å². The largest absolute Gasteiger partial charge is 0.390 e. The fourth-order valence-electron chi connectivity index (χ4n) is 2.37. The van der Waals surface area contributed by atoms with Gasteiger partial charge in [-0.1, -0.05) is 37.6 Å². The molecule has 1 aromatic carbocycles. The normalized spacial score (nSPS) is 21.2. The van der Waals surface area contributed by atoms with Gasteiger partial charge in [0, 0.05) is 6.42 Å². The number of thioether (sulfide) groups is 1. The smallest absolute Gasteiger partial charge is 0.230 e. The van der Waals surface area contributed by atoms with Gasteiger partial charge in [0.2, 0.25) is 5.91 Å². The molecule has 19 heavy (non-hydrogen) atoms. The Bertz CT molecular complexity index is 436. The Kier molecular flexibility index (Phi) is 5.28. The third-order valence-corrected chi connectivity index (χ3v) is 4.44. The third-order valence-electron chi connectivity index (χ3n) is 3.40. The monoisotopic (exact) mass is 279 g/mol. The molecule has 104 valence electrons. The lowest BCUT2D eigenvalue weighted by atomic mass is 10.1. The van der Waals surface area contributed by atoms with Gasteiger partial charge in [-0.3, -0.25) is 4.79 Å². The first-order chi connectivity index (χ1) is 9.22. The maximum absolute atomic E-state index is 11.9. The van der Waals surface area contributed by atoms with E-state index in [9.17, 15) is 9.90 Å². The van der Waals surface area contributed by atoms with E-state index in [2.05, 4.69) is 12.2 Å². The Balaban J connectivity index is 1.87. The summed E-state index contributed by atoms with van der Waals surface area (Å²) in [5.41, 5.74) is 2.20. The van der Waals surface area contributed by atoms with E-state index in [0.717, 1.165) is 29.7 Å². The summed E-state index contributed by atoms with van der Waals surface area (Å²) in [6.45, 7) is 2.15. The zero-order valence-corrected chi connectivity index (χ0v) is 12.1. The highest BCUT2D eigenvalue weighted by atomic mass is 32.2. The fraction of sp³-hybridized carbons (Fsp3) is 0.533. The lowest BCUT2D eigenvalue weighted by molar-refractivity contribution is -0.120. The van der Waals surface area contributed by atoms with Crippen LogP contribution in [0.25, 0.3) is 0 Å². The topological polar surface area (TPSA) is 49.3 Å². The first kappa shape index (κ1) is 14.4. The van der Waals surface area contributed by atoms with Crippen molar-refractivity contribution in [3.05, 3.63) is 35.4 Å². The van der Waals surface area contributed by atoms with Crippen molar-refractivity contribution in [2.45, 2.75) is 38.3 Å². The highest BCUT2D eigenvalue weighted by molar-refractivity contribution is 7.99. The van der Waals surface area contributed by atoms with Gasteiger partial charge in [0.15, 0.2) is 0 Å². The predicted octanol–water partition coefficient (Wildman–Crippen LogP) is 2.29. The lowest BCUT2D eigenvalue weighted by Gasteiger charge is -2.17. The second-order valence-electron chi connectivity index (χ2n) is 4.92. The number of nitrogens with one attached hydrogen (secondary N) is 1. The van der Waals surface area contributed by atoms with E-state index in [0.29, 0.717) is 12.2 Å². The molecule has 0 fully saturated rings. The van der Waals surface area contributed by atoms with Gasteiger partial charge in [-0.15, -0.1) is 0 Å². The molecule has 0 heterocycles. The van der Waals surface area contributed by atoms with Crippen molar-refractivity contribution in [1.29, 1.82) is 0 Å². The van der Waals surface area contributed by atoms with Crippen molar-refractivity contribution in [3.63, 3.8) is 0 Å². The molecule has 0 spiro atoms. The summed E-state index contributed by atoms with van der Waals surface area (Å²) in [5.74, 6) is 1.51. The molecule has 3 nitrogen and oxygen atoms in total. The van der Waals surface area contributed by atoms with Crippen LogP contribution in [0, 0.1) is 0 Å². The van der Waals surface area contributed by atoms with E-state index in [4.69, 9.17) is 0 Å². The number of fused-ring (bicyclic) bond motifs is 1. The molecule has 2 N–H and O–H groups in total. The molecule has 0 aliphatic heterocycles. The molecule has 1 aliphatic rings. The molecule has 2 rings (SSSR count). The quantitative estimate of drug-likeness (QED) is 0.786. The fourth-order valence-corrected chi connectivity index (χ4v) is 3.28. The van der Waals surface area contributed by atoms with Crippen LogP contribution in [0.4, 0.5) is 0 Å². The molecule has 1 aliphatic carbocycles. The molecule has 0 bridgehead atoms. The molecular formula is C15H21NO2S. The minimum absolute atomic E-state index is 0.0156. The summed E-state index contributed by atoms with van der Waals surface area (Å²) >= 11 is 1.66. The Morgan fingerprint density at radius 3 is 3.05 bits per heavy atom. The van der Waals surface area contributed by atoms with Crippen LogP contribution < -0.4 is 5.32 Å². The summed E-state index contributed by atoms with van der Waals surface area (Å²) in [6, 6.07) is 7.68. The summed E-state index contributed by atoms with van der Waals surface area (Å²) in [4.78, 5) is 11.9. The van der Waals surface area contributed by atoms with Crippen LogP contribution in [0.3, 0.4) is 0 Å². The molecule has 0 aromatic heterocycles. The van der Waals surface area contributed by atoms with Gasteiger partial charge in [-0.05, 0) is 23.3 Å². The summed E-state index contributed by atoms with van der Waals surface area (Å²) < 4.78 is 0. The first-order valence-electron chi connectivity index (χ1n) is 6.85. The molecule has 1 amide bonds. The van der Waals surface area contributed by atoms with E-state index in [1.165, 1.54) is 0 Å². The number of carbonyl (C=O) groups excluding carboxylic acids is 1. The summed E-state index contributed by atoms with van der Waals surface area (Å²) in [5, 5.41) is 13.0. The molecule has 2 atom stereocenters. The van der Waals surface area contributed by atoms with Crippen molar-refractivity contribution >= 4 is 17.7 Å². The van der Waals surface area contributed by atoms with E-state index < -0.39 is 6.10 Å². The number of aliphatic hydroxyl groups is 1. The third kappa shape index (κ3) is 3.74. The minimum atomic E-state index is -0.498. The number of benzene rings is 1. The second kappa shape index (κ2) is 6.96. The molecule has 0 saturated heterocycles. The van der Waals surface area contributed by atoms with Gasteiger partial charge in [-0.25, -0.2) is 0 Å². The Labute approximate surface area is 118 Å². The van der Waals surface area contributed by atoms with Crippen molar-refractivity contribution in [1.82, 2.24) is 5.32 Å². The predicted molar refractivity (Wildman–Crippen MR) is 79.3 cm³/mol. The van der Waals surface area contributed by atoms with E-state index in [1.54, 1.807) is 11.8 Å². The van der Waals surface area contributed by atoms with E-state index >= 15 is 0 Å². The summed E-state index contributed by atoms with van der Waals surface area (Å²) in [7, 11) is 0. The number of unbranched alkanes of at least 4 members (excludes halogenated alkanes) is 1. The lowest BCUT2D eigenvalue weighted by Crippen LogP contribution is -2.35. The number of rotatable bonds is 6. The SMILES string of the molecule is CCCCSCC(=O)NC1c2ccccc2CC1O. The molecule has 0 radical (unpaired) electrons. The van der Waals surface area contributed by atoms with E-state index in [-0.39, 0.29) is 11.9 Å².